The minimum atomic E-state index is -0.311. The number of carbonyl (C=O) groups excluding carboxylic acids is 1. The van der Waals surface area contributed by atoms with E-state index in [1.807, 2.05) is 26.0 Å². The van der Waals surface area contributed by atoms with Crippen LogP contribution in [0.1, 0.15) is 17.5 Å². The van der Waals surface area contributed by atoms with Gasteiger partial charge in [0.1, 0.15) is 5.84 Å². The molecule has 17 heavy (non-hydrogen) atoms. The first-order chi connectivity index (χ1) is 7.93. The number of nitrogens with two attached hydrogens (primary N) is 1. The van der Waals surface area contributed by atoms with E-state index < -0.39 is 0 Å². The lowest BCUT2D eigenvalue weighted by Crippen LogP contribution is -2.22. The molecule has 5 nitrogen and oxygen atoms in total. The molecule has 0 aliphatic rings. The fourth-order valence-corrected chi connectivity index (χ4v) is 2.18. The maximum Gasteiger partial charge on any atom is 0.232 e. The first kappa shape index (κ1) is 13.5. The fraction of sp³-hybridized carbons (Fsp3) is 0.273. The number of nitrogens with zero attached hydrogens (tertiary/aromatic N) is 1. The molecule has 0 saturated heterocycles. The Kier molecular flexibility index (Phi) is 4.51. The number of carbonyl (C=O) groups is 1. The lowest BCUT2D eigenvalue weighted by molar-refractivity contribution is -0.115. The van der Waals surface area contributed by atoms with Crippen LogP contribution >= 0.6 is 15.9 Å². The summed E-state index contributed by atoms with van der Waals surface area (Å²) in [6.45, 7) is 3.80. The van der Waals surface area contributed by atoms with Crippen molar-refractivity contribution in [1.29, 1.82) is 0 Å². The zero-order valence-corrected chi connectivity index (χ0v) is 11.2. The van der Waals surface area contributed by atoms with Crippen molar-refractivity contribution in [2.45, 2.75) is 20.3 Å². The van der Waals surface area contributed by atoms with Crippen LogP contribution in [0.15, 0.2) is 21.8 Å². The molecule has 4 N–H and O–H groups in total. The van der Waals surface area contributed by atoms with Crippen molar-refractivity contribution in [2.24, 2.45) is 10.9 Å². The predicted molar refractivity (Wildman–Crippen MR) is 70.3 cm³/mol. The average Bonchev–Trinajstić information content (AvgIpc) is 2.23. The van der Waals surface area contributed by atoms with E-state index in [9.17, 15) is 4.79 Å². The second-order valence-electron chi connectivity index (χ2n) is 3.73. The highest BCUT2D eigenvalue weighted by Gasteiger charge is 2.10. The molecule has 92 valence electrons. The molecular weight excluding hydrogens is 286 g/mol. The van der Waals surface area contributed by atoms with E-state index in [1.165, 1.54) is 0 Å². The summed E-state index contributed by atoms with van der Waals surface area (Å²) in [5, 5.41) is 13.9. The summed E-state index contributed by atoms with van der Waals surface area (Å²) in [5.74, 6) is -0.427. The van der Waals surface area contributed by atoms with Gasteiger partial charge in [-0.15, -0.1) is 0 Å². The molecule has 1 rings (SSSR count). The van der Waals surface area contributed by atoms with Gasteiger partial charge in [0.25, 0.3) is 0 Å². The largest absolute Gasteiger partial charge is 0.409 e. The lowest BCUT2D eigenvalue weighted by atomic mass is 10.1. The summed E-state index contributed by atoms with van der Waals surface area (Å²) in [6.07, 6.45) is -0.133. The first-order valence-electron chi connectivity index (χ1n) is 4.97. The third kappa shape index (κ3) is 3.74. The smallest absolute Gasteiger partial charge is 0.232 e. The summed E-state index contributed by atoms with van der Waals surface area (Å²) < 4.78 is 0.960. The molecule has 0 unspecified atom stereocenters. The molecule has 1 aromatic carbocycles. The third-order valence-corrected chi connectivity index (χ3v) is 2.69. The minimum Gasteiger partial charge on any atom is -0.409 e. The summed E-state index contributed by atoms with van der Waals surface area (Å²) in [6, 6.07) is 3.82. The number of hydrogen-bond donors (Lipinski definition) is 3. The third-order valence-electron chi connectivity index (χ3n) is 2.23. The van der Waals surface area contributed by atoms with E-state index >= 15 is 0 Å². The van der Waals surface area contributed by atoms with Gasteiger partial charge in [-0.2, -0.15) is 0 Å². The van der Waals surface area contributed by atoms with Gasteiger partial charge in [0.05, 0.1) is 6.42 Å². The number of benzene rings is 1. The van der Waals surface area contributed by atoms with Crippen LogP contribution in [0.3, 0.4) is 0 Å². The van der Waals surface area contributed by atoms with E-state index in [-0.39, 0.29) is 18.2 Å². The second-order valence-corrected chi connectivity index (χ2v) is 4.65. The first-order valence-corrected chi connectivity index (χ1v) is 5.76. The Labute approximate surface area is 108 Å². The van der Waals surface area contributed by atoms with E-state index in [4.69, 9.17) is 10.9 Å². The summed E-state index contributed by atoms with van der Waals surface area (Å²) in [7, 11) is 0. The van der Waals surface area contributed by atoms with Gasteiger partial charge in [-0.3, -0.25) is 4.79 Å². The highest BCUT2D eigenvalue weighted by atomic mass is 79.9. The van der Waals surface area contributed by atoms with Gasteiger partial charge in [-0.1, -0.05) is 21.1 Å². The molecule has 0 atom stereocenters. The Morgan fingerprint density at radius 2 is 2.00 bits per heavy atom. The van der Waals surface area contributed by atoms with Crippen LogP contribution in [0.25, 0.3) is 0 Å². The Morgan fingerprint density at radius 3 is 2.47 bits per heavy atom. The number of aryl methyl sites for hydroxylation is 2. The van der Waals surface area contributed by atoms with Gasteiger partial charge in [-0.25, -0.2) is 0 Å². The lowest BCUT2D eigenvalue weighted by Gasteiger charge is -2.12. The monoisotopic (exact) mass is 299 g/mol. The van der Waals surface area contributed by atoms with Crippen LogP contribution in [-0.2, 0) is 4.79 Å². The van der Waals surface area contributed by atoms with Crippen LogP contribution < -0.4 is 11.1 Å². The topological polar surface area (TPSA) is 87.7 Å². The molecule has 0 aliphatic carbocycles. The standard InChI is InChI=1S/C11H14BrN3O2/c1-6-3-8(12)4-7(2)11(6)14-10(16)5-9(13)15-17/h3-4,17H,5H2,1-2H3,(H2,13,15)(H,14,16). The van der Waals surface area contributed by atoms with Crippen LogP contribution in [0.2, 0.25) is 0 Å². The molecule has 0 spiro atoms. The van der Waals surface area contributed by atoms with Crippen molar-refractivity contribution in [2.75, 3.05) is 5.32 Å². The Balaban J connectivity index is 2.85. The highest BCUT2D eigenvalue weighted by molar-refractivity contribution is 9.10. The Bertz CT molecular complexity index is 449. The molecular formula is C11H14BrN3O2. The van der Waals surface area contributed by atoms with Gasteiger partial charge in [0.2, 0.25) is 5.91 Å². The fourth-order valence-electron chi connectivity index (χ4n) is 1.49. The molecule has 6 heteroatoms. The van der Waals surface area contributed by atoms with Crippen molar-refractivity contribution in [3.05, 3.63) is 27.7 Å². The number of halogens is 1. The number of rotatable bonds is 3. The quantitative estimate of drug-likeness (QED) is 0.346. The van der Waals surface area contributed by atoms with Crippen LogP contribution in [0.4, 0.5) is 5.69 Å². The van der Waals surface area contributed by atoms with E-state index in [2.05, 4.69) is 26.4 Å². The van der Waals surface area contributed by atoms with Crippen molar-refractivity contribution in [3.63, 3.8) is 0 Å². The maximum absolute atomic E-state index is 11.6. The predicted octanol–water partition coefficient (Wildman–Crippen LogP) is 2.14. The number of oxime groups is 1. The van der Waals surface area contributed by atoms with Crippen molar-refractivity contribution >= 4 is 33.4 Å². The van der Waals surface area contributed by atoms with Gasteiger partial charge in [-0.05, 0) is 37.1 Å². The molecule has 0 heterocycles. The SMILES string of the molecule is Cc1cc(Br)cc(C)c1NC(=O)C/C(N)=N/O. The summed E-state index contributed by atoms with van der Waals surface area (Å²) >= 11 is 3.38. The van der Waals surface area contributed by atoms with Crippen LogP contribution in [-0.4, -0.2) is 17.0 Å². The molecule has 1 aromatic rings. The second kappa shape index (κ2) is 5.67. The average molecular weight is 300 g/mol. The summed E-state index contributed by atoms with van der Waals surface area (Å²) in [5.41, 5.74) is 7.91. The normalized spacial score (nSPS) is 11.4. The Morgan fingerprint density at radius 1 is 1.47 bits per heavy atom. The summed E-state index contributed by atoms with van der Waals surface area (Å²) in [4.78, 5) is 11.6. The number of hydrogen-bond acceptors (Lipinski definition) is 3. The van der Waals surface area contributed by atoms with E-state index in [1.54, 1.807) is 0 Å². The number of anilines is 1. The molecule has 0 aliphatic heterocycles. The molecule has 1 amide bonds. The number of amidine groups is 1. The molecule has 0 bridgehead atoms. The van der Waals surface area contributed by atoms with Crippen molar-refractivity contribution in [1.82, 2.24) is 0 Å². The van der Waals surface area contributed by atoms with Crippen molar-refractivity contribution < 1.29 is 10.0 Å². The zero-order chi connectivity index (χ0) is 13.0. The molecule has 0 saturated carbocycles. The van der Waals surface area contributed by atoms with Crippen LogP contribution in [0.5, 0.6) is 0 Å². The minimum absolute atomic E-state index is 0.116. The zero-order valence-electron chi connectivity index (χ0n) is 9.62. The van der Waals surface area contributed by atoms with Gasteiger partial charge in [0.15, 0.2) is 0 Å². The van der Waals surface area contributed by atoms with E-state index in [0.717, 1.165) is 21.3 Å². The molecule has 0 fully saturated rings. The van der Waals surface area contributed by atoms with Gasteiger partial charge < -0.3 is 16.3 Å². The number of nitrogens with one attached hydrogen (secondary N) is 1. The van der Waals surface area contributed by atoms with E-state index in [0.29, 0.717) is 0 Å². The number of amides is 1. The van der Waals surface area contributed by atoms with Crippen molar-refractivity contribution in [3.8, 4) is 0 Å². The molecule has 0 aromatic heterocycles. The Hall–Kier alpha value is -1.56. The highest BCUT2D eigenvalue weighted by Crippen LogP contribution is 2.25. The van der Waals surface area contributed by atoms with Gasteiger partial charge in [0, 0.05) is 10.2 Å². The van der Waals surface area contributed by atoms with Crippen LogP contribution in [0, 0.1) is 13.8 Å². The van der Waals surface area contributed by atoms with Gasteiger partial charge >= 0.3 is 0 Å². The maximum atomic E-state index is 11.6. The molecule has 0 radical (unpaired) electrons.